The van der Waals surface area contributed by atoms with E-state index in [4.69, 9.17) is 0 Å². The Morgan fingerprint density at radius 3 is 2.26 bits per heavy atom. The molecule has 23 heavy (non-hydrogen) atoms. The van der Waals surface area contributed by atoms with Crippen molar-refractivity contribution >= 4 is 10.2 Å². The lowest BCUT2D eigenvalue weighted by Gasteiger charge is -2.35. The van der Waals surface area contributed by atoms with E-state index in [1.807, 2.05) is 19.9 Å². The highest BCUT2D eigenvalue weighted by Crippen LogP contribution is 2.20. The number of hydrogen-bond acceptors (Lipinski definition) is 3. The fraction of sp³-hybridized carbons (Fsp3) is 0.625. The van der Waals surface area contributed by atoms with Crippen molar-refractivity contribution in [2.24, 2.45) is 0 Å². The molecule has 0 bridgehead atoms. The van der Waals surface area contributed by atoms with Gasteiger partial charge in [-0.3, -0.25) is 4.90 Å². The van der Waals surface area contributed by atoms with Gasteiger partial charge in [-0.1, -0.05) is 19.9 Å². The summed E-state index contributed by atoms with van der Waals surface area (Å²) >= 11 is 0. The van der Waals surface area contributed by atoms with Crippen molar-refractivity contribution in [3.05, 3.63) is 35.1 Å². The molecular formula is C16H26FN3O2S. The zero-order chi connectivity index (χ0) is 17.2. The van der Waals surface area contributed by atoms with E-state index in [-0.39, 0.29) is 11.7 Å². The van der Waals surface area contributed by atoms with E-state index in [9.17, 15) is 12.8 Å². The van der Waals surface area contributed by atoms with Crippen LogP contribution in [-0.2, 0) is 16.8 Å². The molecule has 5 nitrogen and oxygen atoms in total. The van der Waals surface area contributed by atoms with E-state index < -0.39 is 10.2 Å². The lowest BCUT2D eigenvalue weighted by atomic mass is 10.0. The molecule has 130 valence electrons. The molecule has 0 radical (unpaired) electrons. The second-order valence-corrected chi connectivity index (χ2v) is 8.66. The molecule has 1 heterocycles. The molecule has 1 aromatic carbocycles. The predicted octanol–water partition coefficient (Wildman–Crippen LogP) is 1.87. The molecule has 2 rings (SSSR count). The van der Waals surface area contributed by atoms with Gasteiger partial charge in [0.15, 0.2) is 0 Å². The molecule has 0 spiro atoms. The van der Waals surface area contributed by atoms with Gasteiger partial charge in [0.2, 0.25) is 0 Å². The highest BCUT2D eigenvalue weighted by atomic mass is 32.2. The number of benzene rings is 1. The van der Waals surface area contributed by atoms with Gasteiger partial charge in [-0.25, -0.2) is 4.39 Å². The molecule has 1 fully saturated rings. The molecule has 0 N–H and O–H groups in total. The summed E-state index contributed by atoms with van der Waals surface area (Å²) in [5, 5.41) is 0. The maximum atomic E-state index is 13.7. The molecule has 0 aliphatic carbocycles. The third-order valence-electron chi connectivity index (χ3n) is 4.17. The molecule has 1 aliphatic rings. The van der Waals surface area contributed by atoms with Gasteiger partial charge in [0.05, 0.1) is 0 Å². The van der Waals surface area contributed by atoms with Crippen LogP contribution in [0.2, 0.25) is 0 Å². The van der Waals surface area contributed by atoms with Crippen molar-refractivity contribution in [1.82, 2.24) is 13.5 Å². The first kappa shape index (κ1) is 18.3. The van der Waals surface area contributed by atoms with Crippen LogP contribution < -0.4 is 0 Å². The Kier molecular flexibility index (Phi) is 5.78. The second kappa shape index (κ2) is 7.25. The average Bonchev–Trinajstić information content (AvgIpc) is 2.47. The van der Waals surface area contributed by atoms with Crippen LogP contribution in [0.15, 0.2) is 18.2 Å². The molecule has 0 saturated carbocycles. The van der Waals surface area contributed by atoms with Crippen LogP contribution in [0, 0.1) is 5.82 Å². The minimum absolute atomic E-state index is 0.208. The minimum atomic E-state index is -3.34. The number of halogens is 1. The zero-order valence-corrected chi connectivity index (χ0v) is 15.1. The topological polar surface area (TPSA) is 43.9 Å². The monoisotopic (exact) mass is 343 g/mol. The Morgan fingerprint density at radius 2 is 1.74 bits per heavy atom. The van der Waals surface area contributed by atoms with E-state index in [0.717, 1.165) is 11.1 Å². The van der Waals surface area contributed by atoms with Crippen molar-refractivity contribution in [1.29, 1.82) is 0 Å². The molecule has 0 amide bonds. The lowest BCUT2D eigenvalue weighted by molar-refractivity contribution is 0.177. The van der Waals surface area contributed by atoms with Crippen molar-refractivity contribution in [2.45, 2.75) is 26.3 Å². The van der Waals surface area contributed by atoms with Crippen LogP contribution in [0.5, 0.6) is 0 Å². The highest BCUT2D eigenvalue weighted by molar-refractivity contribution is 7.86. The van der Waals surface area contributed by atoms with Crippen molar-refractivity contribution in [3.63, 3.8) is 0 Å². The summed E-state index contributed by atoms with van der Waals surface area (Å²) in [6.45, 7) is 6.97. The smallest absolute Gasteiger partial charge is 0.281 e. The first-order valence-corrected chi connectivity index (χ1v) is 9.29. The van der Waals surface area contributed by atoms with Crippen LogP contribution in [0.4, 0.5) is 4.39 Å². The maximum Gasteiger partial charge on any atom is 0.281 e. The zero-order valence-electron chi connectivity index (χ0n) is 14.3. The fourth-order valence-electron chi connectivity index (χ4n) is 2.71. The maximum absolute atomic E-state index is 13.7. The molecule has 0 atom stereocenters. The van der Waals surface area contributed by atoms with Crippen LogP contribution in [0.3, 0.4) is 0 Å². The minimum Gasteiger partial charge on any atom is -0.296 e. The van der Waals surface area contributed by atoms with Gasteiger partial charge < -0.3 is 0 Å². The third kappa shape index (κ3) is 4.50. The molecule has 1 aromatic rings. The van der Waals surface area contributed by atoms with Crippen LogP contribution in [0.1, 0.15) is 30.9 Å². The van der Waals surface area contributed by atoms with Gasteiger partial charge >= 0.3 is 0 Å². The average molecular weight is 343 g/mol. The van der Waals surface area contributed by atoms with Gasteiger partial charge in [-0.2, -0.15) is 17.0 Å². The quantitative estimate of drug-likeness (QED) is 0.820. The Balaban J connectivity index is 2.00. The summed E-state index contributed by atoms with van der Waals surface area (Å²) < 4.78 is 40.7. The summed E-state index contributed by atoms with van der Waals surface area (Å²) in [5.74, 6) is 0.0755. The van der Waals surface area contributed by atoms with Gasteiger partial charge in [0.25, 0.3) is 10.2 Å². The molecule has 0 aromatic heterocycles. The summed E-state index contributed by atoms with van der Waals surface area (Å²) in [4.78, 5) is 2.17. The Bertz CT molecular complexity index is 639. The van der Waals surface area contributed by atoms with Gasteiger partial charge in [0.1, 0.15) is 5.82 Å². The van der Waals surface area contributed by atoms with Crippen LogP contribution in [0.25, 0.3) is 0 Å². The molecule has 0 unspecified atom stereocenters. The van der Waals surface area contributed by atoms with Crippen molar-refractivity contribution < 1.29 is 12.8 Å². The van der Waals surface area contributed by atoms with Crippen LogP contribution >= 0.6 is 0 Å². The Hall–Kier alpha value is -1.02. The Morgan fingerprint density at radius 1 is 1.13 bits per heavy atom. The largest absolute Gasteiger partial charge is 0.296 e. The first-order chi connectivity index (χ1) is 10.7. The van der Waals surface area contributed by atoms with Crippen LogP contribution in [-0.4, -0.2) is 62.2 Å². The highest BCUT2D eigenvalue weighted by Gasteiger charge is 2.28. The lowest BCUT2D eigenvalue weighted by Crippen LogP contribution is -2.51. The number of hydrogen-bond donors (Lipinski definition) is 0. The number of piperazine rings is 1. The second-order valence-electron chi connectivity index (χ2n) is 6.51. The van der Waals surface area contributed by atoms with Gasteiger partial charge in [-0.05, 0) is 29.2 Å². The standard InChI is InChI=1S/C16H26FN3O2S/c1-13(2)15-9-14(10-16(17)11-15)12-19-5-7-20(8-6-19)23(21,22)18(3)4/h9-11,13H,5-8,12H2,1-4H3. The SMILES string of the molecule is CC(C)c1cc(F)cc(CN2CCN(S(=O)(=O)N(C)C)CC2)c1. The first-order valence-electron chi connectivity index (χ1n) is 7.89. The van der Waals surface area contributed by atoms with Crippen molar-refractivity contribution in [3.8, 4) is 0 Å². The number of rotatable bonds is 5. The molecular weight excluding hydrogens is 317 g/mol. The summed E-state index contributed by atoms with van der Waals surface area (Å²) in [6.07, 6.45) is 0. The predicted molar refractivity (Wildman–Crippen MR) is 89.9 cm³/mol. The van der Waals surface area contributed by atoms with E-state index in [0.29, 0.717) is 32.7 Å². The molecule has 7 heteroatoms. The van der Waals surface area contributed by atoms with Crippen molar-refractivity contribution in [2.75, 3.05) is 40.3 Å². The Labute approximate surface area is 138 Å². The summed E-state index contributed by atoms with van der Waals surface area (Å²) in [6, 6.07) is 5.18. The van der Waals surface area contributed by atoms with E-state index in [1.165, 1.54) is 8.61 Å². The summed E-state index contributed by atoms with van der Waals surface area (Å²) in [7, 11) is -0.254. The van der Waals surface area contributed by atoms with E-state index in [2.05, 4.69) is 4.90 Å². The fourth-order valence-corrected chi connectivity index (χ4v) is 3.79. The normalized spacial score (nSPS) is 18.0. The van der Waals surface area contributed by atoms with E-state index >= 15 is 0 Å². The molecule has 1 saturated heterocycles. The van der Waals surface area contributed by atoms with Gasteiger partial charge in [0, 0.05) is 46.8 Å². The number of nitrogens with zero attached hydrogens (tertiary/aromatic N) is 3. The summed E-state index contributed by atoms with van der Waals surface area (Å²) in [5.41, 5.74) is 1.94. The molecule has 1 aliphatic heterocycles. The van der Waals surface area contributed by atoms with E-state index in [1.54, 1.807) is 26.2 Å². The van der Waals surface area contributed by atoms with Gasteiger partial charge in [-0.15, -0.1) is 0 Å². The third-order valence-corrected chi connectivity index (χ3v) is 6.11.